The third kappa shape index (κ3) is 5.69. The smallest absolute Gasteiger partial charge is 0.255 e. The van der Waals surface area contributed by atoms with Gasteiger partial charge in [-0.1, -0.05) is 35.5 Å². The van der Waals surface area contributed by atoms with Gasteiger partial charge in [-0.05, 0) is 68.3 Å². The van der Waals surface area contributed by atoms with Crippen molar-refractivity contribution in [3.63, 3.8) is 0 Å². The van der Waals surface area contributed by atoms with Crippen LogP contribution in [0.15, 0.2) is 83.4 Å². The Hall–Kier alpha value is -4.46. The predicted molar refractivity (Wildman–Crippen MR) is 140 cm³/mol. The first-order valence-electron chi connectivity index (χ1n) is 12.4. The van der Waals surface area contributed by atoms with Crippen LogP contribution >= 0.6 is 0 Å². The Morgan fingerprint density at radius 2 is 1.76 bits per heavy atom. The third-order valence-electron chi connectivity index (χ3n) is 6.35. The minimum absolute atomic E-state index is 0.0122. The van der Waals surface area contributed by atoms with Gasteiger partial charge in [-0.15, -0.1) is 0 Å². The highest BCUT2D eigenvalue weighted by molar-refractivity contribution is 6.04. The highest BCUT2D eigenvalue weighted by Crippen LogP contribution is 2.28. The summed E-state index contributed by atoms with van der Waals surface area (Å²) in [5.41, 5.74) is 2.64. The molecule has 8 nitrogen and oxygen atoms in total. The standard InChI is InChI=1S/C29H28N4O4/c1-2-36-25-16-14-24(15-17-25)30-27(34)21-12-10-20(11-13-21)26-31-28(37-32-26)23-9-6-18-33(19-23)29(35)22-7-4-3-5-8-22/h3-5,7-8,10-17,23H,2,6,9,18-19H2,1H3,(H,30,34). The summed E-state index contributed by atoms with van der Waals surface area (Å²) in [5, 5.41) is 7.04. The van der Waals surface area contributed by atoms with Gasteiger partial charge in [-0.25, -0.2) is 0 Å². The number of piperidine rings is 1. The number of ether oxygens (including phenoxy) is 1. The number of hydrogen-bond acceptors (Lipinski definition) is 6. The molecule has 0 spiro atoms. The Labute approximate surface area is 215 Å². The molecule has 188 valence electrons. The molecule has 0 bridgehead atoms. The zero-order valence-corrected chi connectivity index (χ0v) is 20.6. The Morgan fingerprint density at radius 1 is 1.00 bits per heavy atom. The molecule has 1 saturated heterocycles. The van der Waals surface area contributed by atoms with Crippen molar-refractivity contribution >= 4 is 17.5 Å². The quantitative estimate of drug-likeness (QED) is 0.368. The summed E-state index contributed by atoms with van der Waals surface area (Å²) < 4.78 is 11.0. The van der Waals surface area contributed by atoms with Crippen LogP contribution in [0.2, 0.25) is 0 Å². The predicted octanol–water partition coefficient (Wildman–Crippen LogP) is 5.41. The normalized spacial score (nSPS) is 15.3. The van der Waals surface area contributed by atoms with Gasteiger partial charge in [0.2, 0.25) is 11.7 Å². The number of carbonyl (C=O) groups excluding carboxylic acids is 2. The van der Waals surface area contributed by atoms with Crippen LogP contribution in [-0.2, 0) is 0 Å². The van der Waals surface area contributed by atoms with E-state index in [2.05, 4.69) is 15.5 Å². The lowest BCUT2D eigenvalue weighted by Crippen LogP contribution is -2.39. The Bertz CT molecular complexity index is 1350. The fraction of sp³-hybridized carbons (Fsp3) is 0.241. The summed E-state index contributed by atoms with van der Waals surface area (Å²) in [6, 6.07) is 23.6. The average Bonchev–Trinajstić information content (AvgIpc) is 3.45. The van der Waals surface area contributed by atoms with E-state index in [1.54, 1.807) is 36.4 Å². The fourth-order valence-corrected chi connectivity index (χ4v) is 4.42. The van der Waals surface area contributed by atoms with E-state index >= 15 is 0 Å². The maximum atomic E-state index is 12.9. The van der Waals surface area contributed by atoms with Crippen LogP contribution in [0.5, 0.6) is 5.75 Å². The first-order chi connectivity index (χ1) is 18.1. The van der Waals surface area contributed by atoms with Crippen LogP contribution in [0.4, 0.5) is 5.69 Å². The number of aromatic nitrogens is 2. The molecule has 1 aliphatic rings. The molecule has 1 unspecified atom stereocenters. The van der Waals surface area contributed by atoms with Crippen LogP contribution in [-0.4, -0.2) is 46.6 Å². The topological polar surface area (TPSA) is 97.6 Å². The second-order valence-electron chi connectivity index (χ2n) is 8.90. The third-order valence-corrected chi connectivity index (χ3v) is 6.35. The molecule has 0 radical (unpaired) electrons. The average molecular weight is 497 g/mol. The second kappa shape index (κ2) is 11.1. The molecule has 1 aliphatic heterocycles. The fourth-order valence-electron chi connectivity index (χ4n) is 4.42. The molecule has 2 heterocycles. The second-order valence-corrected chi connectivity index (χ2v) is 8.90. The van der Waals surface area contributed by atoms with E-state index in [1.165, 1.54) is 0 Å². The van der Waals surface area contributed by atoms with Crippen molar-refractivity contribution in [1.29, 1.82) is 0 Å². The Balaban J connectivity index is 1.22. The van der Waals surface area contributed by atoms with Gasteiger partial charge in [0.1, 0.15) is 5.75 Å². The van der Waals surface area contributed by atoms with Crippen LogP contribution in [0.3, 0.4) is 0 Å². The first kappa shape index (κ1) is 24.2. The largest absolute Gasteiger partial charge is 0.494 e. The molecule has 0 saturated carbocycles. The van der Waals surface area contributed by atoms with Crippen molar-refractivity contribution in [3.05, 3.63) is 95.9 Å². The molecular formula is C29H28N4O4. The van der Waals surface area contributed by atoms with Crippen LogP contribution < -0.4 is 10.1 Å². The number of nitrogens with zero attached hydrogens (tertiary/aromatic N) is 3. The van der Waals surface area contributed by atoms with E-state index in [9.17, 15) is 9.59 Å². The van der Waals surface area contributed by atoms with Gasteiger partial charge in [0.15, 0.2) is 0 Å². The van der Waals surface area contributed by atoms with Crippen molar-refractivity contribution in [1.82, 2.24) is 15.0 Å². The van der Waals surface area contributed by atoms with Crippen molar-refractivity contribution < 1.29 is 18.8 Å². The molecule has 1 atom stereocenters. The molecule has 5 rings (SSSR count). The van der Waals surface area contributed by atoms with E-state index in [0.29, 0.717) is 48.2 Å². The molecule has 4 aromatic rings. The lowest BCUT2D eigenvalue weighted by atomic mass is 9.97. The van der Waals surface area contributed by atoms with Crippen molar-refractivity contribution in [2.75, 3.05) is 25.0 Å². The van der Waals surface area contributed by atoms with Gasteiger partial charge in [0, 0.05) is 35.5 Å². The SMILES string of the molecule is CCOc1ccc(NC(=O)c2ccc(-c3noc(C4CCCN(C(=O)c5ccccc5)C4)n3)cc2)cc1. The van der Waals surface area contributed by atoms with Gasteiger partial charge < -0.3 is 19.5 Å². The zero-order valence-electron chi connectivity index (χ0n) is 20.6. The number of anilines is 1. The Morgan fingerprint density at radius 3 is 2.49 bits per heavy atom. The van der Waals surface area contributed by atoms with E-state index in [1.807, 2.05) is 54.3 Å². The molecule has 3 aromatic carbocycles. The summed E-state index contributed by atoms with van der Waals surface area (Å²) >= 11 is 0. The van der Waals surface area contributed by atoms with Gasteiger partial charge >= 0.3 is 0 Å². The van der Waals surface area contributed by atoms with E-state index in [-0.39, 0.29) is 17.7 Å². The summed E-state index contributed by atoms with van der Waals surface area (Å²) in [6.45, 7) is 3.77. The molecule has 1 N–H and O–H groups in total. The minimum atomic E-state index is -0.213. The van der Waals surface area contributed by atoms with E-state index < -0.39 is 0 Å². The van der Waals surface area contributed by atoms with Gasteiger partial charge in [-0.2, -0.15) is 4.98 Å². The number of nitrogens with one attached hydrogen (secondary N) is 1. The number of likely N-dealkylation sites (tertiary alicyclic amines) is 1. The van der Waals surface area contributed by atoms with E-state index in [0.717, 1.165) is 24.2 Å². The lowest BCUT2D eigenvalue weighted by molar-refractivity contribution is 0.0695. The van der Waals surface area contributed by atoms with Crippen molar-refractivity contribution in [3.8, 4) is 17.1 Å². The monoisotopic (exact) mass is 496 g/mol. The molecule has 37 heavy (non-hydrogen) atoms. The molecule has 1 fully saturated rings. The number of hydrogen-bond donors (Lipinski definition) is 1. The number of amides is 2. The summed E-state index contributed by atoms with van der Waals surface area (Å²) in [5.74, 6) is 1.53. The molecule has 2 amide bonds. The summed E-state index contributed by atoms with van der Waals surface area (Å²) in [4.78, 5) is 32.0. The van der Waals surface area contributed by atoms with Crippen molar-refractivity contribution in [2.24, 2.45) is 0 Å². The highest BCUT2D eigenvalue weighted by Gasteiger charge is 2.29. The lowest BCUT2D eigenvalue weighted by Gasteiger charge is -2.31. The number of benzene rings is 3. The summed E-state index contributed by atoms with van der Waals surface area (Å²) in [7, 11) is 0. The molecule has 1 aromatic heterocycles. The number of carbonyl (C=O) groups is 2. The van der Waals surface area contributed by atoms with Crippen LogP contribution in [0.25, 0.3) is 11.4 Å². The Kier molecular flexibility index (Phi) is 7.26. The van der Waals surface area contributed by atoms with Crippen molar-refractivity contribution in [2.45, 2.75) is 25.7 Å². The van der Waals surface area contributed by atoms with Gasteiger partial charge in [-0.3, -0.25) is 9.59 Å². The minimum Gasteiger partial charge on any atom is -0.494 e. The maximum Gasteiger partial charge on any atom is 0.255 e. The molecule has 0 aliphatic carbocycles. The first-order valence-corrected chi connectivity index (χ1v) is 12.4. The molecular weight excluding hydrogens is 468 g/mol. The van der Waals surface area contributed by atoms with Crippen LogP contribution in [0, 0.1) is 0 Å². The summed E-state index contributed by atoms with van der Waals surface area (Å²) in [6.07, 6.45) is 1.75. The molecule has 8 heteroatoms. The van der Waals surface area contributed by atoms with Gasteiger partial charge in [0.05, 0.1) is 12.5 Å². The van der Waals surface area contributed by atoms with Gasteiger partial charge in [0.25, 0.3) is 11.8 Å². The van der Waals surface area contributed by atoms with Crippen LogP contribution in [0.1, 0.15) is 52.3 Å². The number of rotatable bonds is 7. The maximum absolute atomic E-state index is 12.9. The zero-order chi connectivity index (χ0) is 25.6. The van der Waals surface area contributed by atoms with E-state index in [4.69, 9.17) is 9.26 Å². The highest BCUT2D eigenvalue weighted by atomic mass is 16.5.